The lowest BCUT2D eigenvalue weighted by Crippen LogP contribution is -2.43. The summed E-state index contributed by atoms with van der Waals surface area (Å²) in [5, 5.41) is 6.91. The maximum Gasteiger partial charge on any atom is 0.252 e. The van der Waals surface area contributed by atoms with Crippen LogP contribution in [0.2, 0.25) is 5.02 Å². The molecule has 1 saturated heterocycles. The van der Waals surface area contributed by atoms with Gasteiger partial charge in [0.15, 0.2) is 0 Å². The van der Waals surface area contributed by atoms with Crippen LogP contribution in [0.15, 0.2) is 47.4 Å². The first-order chi connectivity index (χ1) is 11.6. The summed E-state index contributed by atoms with van der Waals surface area (Å²) in [6.45, 7) is 2.17. The second kappa shape index (κ2) is 7.64. The van der Waals surface area contributed by atoms with E-state index in [0.29, 0.717) is 17.1 Å². The van der Waals surface area contributed by atoms with Gasteiger partial charge in [-0.05, 0) is 43.6 Å². The van der Waals surface area contributed by atoms with Crippen LogP contribution < -0.4 is 16.2 Å². The third-order valence-corrected chi connectivity index (χ3v) is 4.59. The van der Waals surface area contributed by atoms with E-state index < -0.39 is 0 Å². The van der Waals surface area contributed by atoms with Crippen LogP contribution in [0.4, 0.5) is 0 Å². The fourth-order valence-electron chi connectivity index (χ4n) is 2.83. The third kappa shape index (κ3) is 4.04. The van der Waals surface area contributed by atoms with Crippen LogP contribution in [0.1, 0.15) is 28.8 Å². The molecule has 0 aliphatic carbocycles. The van der Waals surface area contributed by atoms with Gasteiger partial charge in [-0.1, -0.05) is 29.8 Å². The van der Waals surface area contributed by atoms with E-state index in [1.165, 1.54) is 10.6 Å². The summed E-state index contributed by atoms with van der Waals surface area (Å²) in [4.78, 5) is 24.5. The molecule has 1 aliphatic rings. The maximum atomic E-state index is 12.4. The second-order valence-corrected chi connectivity index (χ2v) is 6.38. The maximum absolute atomic E-state index is 12.4. The van der Waals surface area contributed by atoms with Crippen molar-refractivity contribution in [1.82, 2.24) is 15.2 Å². The van der Waals surface area contributed by atoms with Gasteiger partial charge in [-0.15, -0.1) is 0 Å². The van der Waals surface area contributed by atoms with Gasteiger partial charge in [0.25, 0.3) is 11.5 Å². The number of nitrogens with one attached hydrogen (secondary N) is 2. The smallest absolute Gasteiger partial charge is 0.252 e. The first kappa shape index (κ1) is 16.7. The van der Waals surface area contributed by atoms with Crippen molar-refractivity contribution >= 4 is 17.5 Å². The summed E-state index contributed by atoms with van der Waals surface area (Å²) >= 11 is 6.16. The van der Waals surface area contributed by atoms with Crippen molar-refractivity contribution in [1.29, 1.82) is 0 Å². The normalized spacial score (nSPS) is 15.2. The second-order valence-electron chi connectivity index (χ2n) is 5.97. The Morgan fingerprint density at radius 2 is 1.96 bits per heavy atom. The first-order valence-corrected chi connectivity index (χ1v) is 8.47. The molecule has 0 saturated carbocycles. The number of hydrogen-bond acceptors (Lipinski definition) is 3. The molecule has 2 heterocycles. The number of carbonyl (C=O) groups excluding carboxylic acids is 1. The van der Waals surface area contributed by atoms with E-state index >= 15 is 0 Å². The van der Waals surface area contributed by atoms with Gasteiger partial charge in [0.05, 0.1) is 12.1 Å². The summed E-state index contributed by atoms with van der Waals surface area (Å²) in [5.74, 6) is -0.144. The molecular formula is C18H20ClN3O2. The average Bonchev–Trinajstić information content (AvgIpc) is 2.59. The van der Waals surface area contributed by atoms with E-state index in [-0.39, 0.29) is 17.5 Å². The van der Waals surface area contributed by atoms with Gasteiger partial charge in [-0.3, -0.25) is 9.59 Å². The molecule has 2 N–H and O–H groups in total. The zero-order valence-corrected chi connectivity index (χ0v) is 14.1. The molecule has 0 unspecified atom stereocenters. The Hall–Kier alpha value is -2.11. The highest BCUT2D eigenvalue weighted by molar-refractivity contribution is 6.31. The summed E-state index contributed by atoms with van der Waals surface area (Å²) in [7, 11) is 0. The topological polar surface area (TPSA) is 63.1 Å². The molecule has 1 aromatic heterocycles. The Morgan fingerprint density at radius 1 is 1.21 bits per heavy atom. The average molecular weight is 346 g/mol. The molecule has 0 radical (unpaired) electrons. The number of hydrogen-bond donors (Lipinski definition) is 2. The van der Waals surface area contributed by atoms with E-state index in [1.54, 1.807) is 18.3 Å². The lowest BCUT2D eigenvalue weighted by atomic mass is 10.1. The number of amides is 1. The fourth-order valence-corrected chi connectivity index (χ4v) is 3.03. The van der Waals surface area contributed by atoms with Crippen molar-refractivity contribution in [2.75, 3.05) is 13.1 Å². The zero-order chi connectivity index (χ0) is 16.9. The van der Waals surface area contributed by atoms with Crippen LogP contribution >= 0.6 is 11.6 Å². The molecular weight excluding hydrogens is 326 g/mol. The zero-order valence-electron chi connectivity index (χ0n) is 13.3. The summed E-state index contributed by atoms with van der Waals surface area (Å²) < 4.78 is 1.51. The van der Waals surface area contributed by atoms with Gasteiger partial charge in [0.2, 0.25) is 0 Å². The Bertz CT molecular complexity index is 782. The summed E-state index contributed by atoms with van der Waals surface area (Å²) in [6.07, 6.45) is 3.44. The van der Waals surface area contributed by atoms with Crippen molar-refractivity contribution in [3.63, 3.8) is 0 Å². The Morgan fingerprint density at radius 3 is 2.71 bits per heavy atom. The summed E-state index contributed by atoms with van der Waals surface area (Å²) in [6, 6.07) is 10.6. The number of rotatable bonds is 4. The Labute approximate surface area is 145 Å². The highest BCUT2D eigenvalue weighted by Gasteiger charge is 2.17. The molecule has 0 bridgehead atoms. The Kier molecular flexibility index (Phi) is 5.33. The van der Waals surface area contributed by atoms with Crippen molar-refractivity contribution in [2.45, 2.75) is 25.4 Å². The van der Waals surface area contributed by atoms with Gasteiger partial charge in [-0.2, -0.15) is 0 Å². The molecule has 3 rings (SSSR count). The highest BCUT2D eigenvalue weighted by Crippen LogP contribution is 2.15. The van der Waals surface area contributed by atoms with Crippen LogP contribution in [-0.4, -0.2) is 29.6 Å². The van der Waals surface area contributed by atoms with E-state index in [1.807, 2.05) is 18.2 Å². The molecule has 2 aromatic rings. The minimum Gasteiger partial charge on any atom is -0.349 e. The van der Waals surface area contributed by atoms with Crippen molar-refractivity contribution in [3.05, 3.63) is 69.1 Å². The van der Waals surface area contributed by atoms with E-state index in [9.17, 15) is 9.59 Å². The molecule has 126 valence electrons. The highest BCUT2D eigenvalue weighted by atomic mass is 35.5. The van der Waals surface area contributed by atoms with Gasteiger partial charge < -0.3 is 15.2 Å². The minimum absolute atomic E-state index is 0.144. The van der Waals surface area contributed by atoms with Crippen molar-refractivity contribution < 1.29 is 4.79 Å². The van der Waals surface area contributed by atoms with Gasteiger partial charge >= 0.3 is 0 Å². The van der Waals surface area contributed by atoms with Crippen molar-refractivity contribution in [2.24, 2.45) is 0 Å². The van der Waals surface area contributed by atoms with Crippen LogP contribution in [0, 0.1) is 0 Å². The standard InChI is InChI=1S/C18H20ClN3O2/c19-16-4-2-1-3-13(16)11-22-12-14(5-6-17(22)23)18(24)21-15-7-9-20-10-8-15/h1-6,12,15,20H,7-11H2,(H,21,24). The lowest BCUT2D eigenvalue weighted by Gasteiger charge is -2.23. The molecule has 1 fully saturated rings. The van der Waals surface area contributed by atoms with E-state index in [4.69, 9.17) is 11.6 Å². The van der Waals surface area contributed by atoms with Gasteiger partial charge in [0.1, 0.15) is 0 Å². The van der Waals surface area contributed by atoms with Gasteiger partial charge in [0, 0.05) is 23.3 Å². The first-order valence-electron chi connectivity index (χ1n) is 8.09. The number of piperidine rings is 1. The number of carbonyl (C=O) groups is 1. The minimum atomic E-state index is -0.159. The van der Waals surface area contributed by atoms with E-state index in [2.05, 4.69) is 10.6 Å². The number of halogens is 1. The molecule has 1 aromatic carbocycles. The third-order valence-electron chi connectivity index (χ3n) is 4.22. The predicted molar refractivity (Wildman–Crippen MR) is 94.6 cm³/mol. The molecule has 1 aliphatic heterocycles. The van der Waals surface area contributed by atoms with Crippen LogP contribution in [-0.2, 0) is 6.54 Å². The predicted octanol–water partition coefficient (Wildman–Crippen LogP) is 2.03. The molecule has 6 heteroatoms. The van der Waals surface area contributed by atoms with Crippen molar-refractivity contribution in [3.8, 4) is 0 Å². The monoisotopic (exact) mass is 345 g/mol. The lowest BCUT2D eigenvalue weighted by molar-refractivity contribution is 0.0928. The van der Waals surface area contributed by atoms with Gasteiger partial charge in [-0.25, -0.2) is 0 Å². The number of aromatic nitrogens is 1. The number of pyridine rings is 1. The quantitative estimate of drug-likeness (QED) is 0.891. The van der Waals surface area contributed by atoms with E-state index in [0.717, 1.165) is 31.5 Å². The van der Waals surface area contributed by atoms with Crippen LogP contribution in [0.3, 0.4) is 0 Å². The molecule has 0 spiro atoms. The fraction of sp³-hybridized carbons (Fsp3) is 0.333. The number of benzene rings is 1. The molecule has 24 heavy (non-hydrogen) atoms. The summed E-state index contributed by atoms with van der Waals surface area (Å²) in [5.41, 5.74) is 1.17. The largest absolute Gasteiger partial charge is 0.349 e. The molecule has 0 atom stereocenters. The number of nitrogens with zero attached hydrogens (tertiary/aromatic N) is 1. The molecule has 1 amide bonds. The SMILES string of the molecule is O=C(NC1CCNCC1)c1ccc(=O)n(Cc2ccccc2Cl)c1. The van der Waals surface area contributed by atoms with Crippen LogP contribution in [0.5, 0.6) is 0 Å². The van der Waals surface area contributed by atoms with Crippen LogP contribution in [0.25, 0.3) is 0 Å². The molecule has 5 nitrogen and oxygen atoms in total. The Balaban J connectivity index is 1.77.